The summed E-state index contributed by atoms with van der Waals surface area (Å²) in [7, 11) is 0. The number of hydrogen-bond donors (Lipinski definition) is 0. The van der Waals surface area contributed by atoms with Gasteiger partial charge in [0.2, 0.25) is 11.4 Å². The number of rotatable bonds is 4. The van der Waals surface area contributed by atoms with Gasteiger partial charge in [-0.05, 0) is 14.7 Å². The molecule has 116 valence electrons. The van der Waals surface area contributed by atoms with Gasteiger partial charge in [-0.3, -0.25) is 13.9 Å². The smallest absolute Gasteiger partial charge is 0.310 e. The lowest BCUT2D eigenvalue weighted by Crippen LogP contribution is -2.30. The van der Waals surface area contributed by atoms with Gasteiger partial charge in [0.25, 0.3) is 5.69 Å². The van der Waals surface area contributed by atoms with Gasteiger partial charge in [0.1, 0.15) is 0 Å². The summed E-state index contributed by atoms with van der Waals surface area (Å²) in [5.74, 6) is 0. The molecule has 22 heavy (non-hydrogen) atoms. The van der Waals surface area contributed by atoms with Crippen LogP contribution in [0.3, 0.4) is 0 Å². The van der Waals surface area contributed by atoms with Crippen LogP contribution in [-0.4, -0.2) is 15.5 Å². The molecule has 3 heterocycles. The third kappa shape index (κ3) is 2.10. The zero-order chi connectivity index (χ0) is 15.9. The quantitative estimate of drug-likeness (QED) is 0.391. The van der Waals surface area contributed by atoms with Crippen molar-refractivity contribution in [2.75, 3.05) is 0 Å². The largest absolute Gasteiger partial charge is 0.359 e. The third-order valence-corrected chi connectivity index (χ3v) is 3.78. The number of aromatic nitrogens is 6. The molecule has 0 N–H and O–H groups in total. The molecule has 0 aliphatic carbocycles. The van der Waals surface area contributed by atoms with Gasteiger partial charge in [0.15, 0.2) is 0 Å². The van der Waals surface area contributed by atoms with E-state index < -0.39 is 0 Å². The van der Waals surface area contributed by atoms with E-state index in [1.54, 1.807) is 0 Å². The van der Waals surface area contributed by atoms with Gasteiger partial charge in [-0.15, -0.1) is 0 Å². The fourth-order valence-electron chi connectivity index (χ4n) is 1.72. The zero-order valence-electron chi connectivity index (χ0n) is 10.3. The first kappa shape index (κ1) is 14.7. The van der Waals surface area contributed by atoms with Crippen LogP contribution in [0.25, 0.3) is 22.8 Å². The van der Waals surface area contributed by atoms with Gasteiger partial charge in [0, 0.05) is 0 Å². The zero-order valence-corrected chi connectivity index (χ0v) is 13.5. The second-order valence-corrected chi connectivity index (χ2v) is 4.97. The second kappa shape index (κ2) is 5.53. The number of halogens is 2. The van der Waals surface area contributed by atoms with Crippen molar-refractivity contribution in [1.29, 1.82) is 0 Å². The highest BCUT2D eigenvalue weighted by atomic mass is 79.9. The maximum atomic E-state index is 11.8. The summed E-state index contributed by atoms with van der Waals surface area (Å²) in [5, 5.41) is 45.5. The van der Waals surface area contributed by atoms with E-state index >= 15 is 0 Å². The monoisotopic (exact) mass is 438 g/mol. The second-order valence-electron chi connectivity index (χ2n) is 3.85. The van der Waals surface area contributed by atoms with E-state index in [9.17, 15) is 15.6 Å². The van der Waals surface area contributed by atoms with E-state index in [1.165, 1.54) is 0 Å². The van der Waals surface area contributed by atoms with Crippen LogP contribution in [0.5, 0.6) is 0 Å². The molecule has 0 bridgehead atoms. The van der Waals surface area contributed by atoms with E-state index in [0.717, 1.165) is 0 Å². The first-order valence-corrected chi connectivity index (χ1v) is 7.72. The van der Waals surface area contributed by atoms with E-state index in [0.29, 0.717) is 0 Å². The van der Waals surface area contributed by atoms with E-state index in [1.807, 2.05) is 0 Å². The van der Waals surface area contributed by atoms with Crippen molar-refractivity contribution >= 4 is 31.9 Å². The number of nitrogens with zero attached hydrogens (tertiary/aromatic N) is 6. The van der Waals surface area contributed by atoms with Crippen LogP contribution in [-0.2, 0) is 10.7 Å². The average Bonchev–Trinajstić information content (AvgIpc) is 3.15. The van der Waals surface area contributed by atoms with Crippen molar-refractivity contribution in [2.45, 2.75) is 10.7 Å². The van der Waals surface area contributed by atoms with Crippen molar-refractivity contribution in [2.24, 2.45) is 0 Å². The first-order chi connectivity index (χ1) is 10.6. The van der Waals surface area contributed by atoms with Crippen LogP contribution < -0.4 is 14.7 Å². The molecule has 0 aliphatic heterocycles. The van der Waals surface area contributed by atoms with Crippen molar-refractivity contribution in [3.63, 3.8) is 0 Å². The van der Waals surface area contributed by atoms with Crippen LogP contribution in [0, 0.1) is 15.6 Å². The van der Waals surface area contributed by atoms with Crippen molar-refractivity contribution in [3.8, 4) is 22.8 Å². The Labute approximate surface area is 136 Å². The minimum absolute atomic E-state index is 0.0212. The molecule has 0 spiro atoms. The fourth-order valence-corrected chi connectivity index (χ4v) is 2.66. The normalized spacial score (nSPS) is 11.2. The summed E-state index contributed by atoms with van der Waals surface area (Å²) in [4.78, 5) is 0.309. The molecule has 0 radical (unpaired) electrons. The lowest BCUT2D eigenvalue weighted by molar-refractivity contribution is -0.807. The molecule has 0 aliphatic rings. The van der Waals surface area contributed by atoms with Gasteiger partial charge < -0.3 is 15.6 Å². The van der Waals surface area contributed by atoms with Crippen LogP contribution in [0.1, 0.15) is 11.4 Å². The summed E-state index contributed by atoms with van der Waals surface area (Å²) in [5.41, 5.74) is -0.384. The molecule has 3 aromatic rings. The number of hydrogen-bond acceptors (Lipinski definition) is 9. The Morgan fingerprint density at radius 1 is 0.727 bits per heavy atom. The summed E-state index contributed by atoms with van der Waals surface area (Å²) in [6.45, 7) is 0. The van der Waals surface area contributed by atoms with Crippen molar-refractivity contribution < 1.29 is 28.6 Å². The maximum Gasteiger partial charge on any atom is 0.310 e. The molecule has 0 saturated heterocycles. The van der Waals surface area contributed by atoms with Gasteiger partial charge in [-0.25, -0.2) is 0 Å². The third-order valence-electron chi connectivity index (χ3n) is 2.71. The predicted octanol–water partition coefficient (Wildman–Crippen LogP) is -0.325. The van der Waals surface area contributed by atoms with Crippen LogP contribution in [0.4, 0.5) is 0 Å². The molecular weight excluding hydrogens is 436 g/mol. The highest BCUT2D eigenvalue weighted by Gasteiger charge is 2.39. The minimum Gasteiger partial charge on any atom is -0.359 e. The minimum atomic E-state index is -0.232. The van der Waals surface area contributed by atoms with Gasteiger partial charge >= 0.3 is 17.1 Å². The lowest BCUT2D eigenvalue weighted by Gasteiger charge is -1.92. The molecule has 0 unspecified atom stereocenters. The molecule has 0 aromatic carbocycles. The van der Waals surface area contributed by atoms with Gasteiger partial charge in [0.05, 0.1) is 26.1 Å². The Hall–Kier alpha value is -2.22. The Morgan fingerprint density at radius 3 is 1.77 bits per heavy atom. The lowest BCUT2D eigenvalue weighted by atomic mass is 10.1. The van der Waals surface area contributed by atoms with Gasteiger partial charge in [-0.2, -0.15) is 0 Å². The molecule has 12 nitrogen and oxygen atoms in total. The molecular formula is C8H4Br2N6O6. The van der Waals surface area contributed by atoms with E-state index in [2.05, 4.69) is 61.2 Å². The molecule has 0 fully saturated rings. The maximum absolute atomic E-state index is 11.8. The SMILES string of the molecule is [O-][n+]1onc(-c2no[n+]([O-])c2-c2no[n+]([O-])c2CBr)c1CBr. The van der Waals surface area contributed by atoms with Crippen LogP contribution in [0.2, 0.25) is 0 Å². The predicted molar refractivity (Wildman–Crippen MR) is 69.6 cm³/mol. The standard InChI is InChI=1S/C8H4Br2N6O6/c9-1-3-5(11-20-14(3)17)7-8(16(19)22-13-7)6-4(2-10)15(18)21-12-6/h1-2H2. The Kier molecular flexibility index (Phi) is 3.69. The van der Waals surface area contributed by atoms with Crippen molar-refractivity contribution in [1.82, 2.24) is 15.5 Å². The summed E-state index contributed by atoms with van der Waals surface area (Å²) in [6, 6.07) is 0. The van der Waals surface area contributed by atoms with Crippen molar-refractivity contribution in [3.05, 3.63) is 27.0 Å². The average molecular weight is 440 g/mol. The molecule has 3 aromatic heterocycles. The summed E-state index contributed by atoms with van der Waals surface area (Å²) in [6.07, 6.45) is 0. The highest BCUT2D eigenvalue weighted by molar-refractivity contribution is 9.08. The van der Waals surface area contributed by atoms with Gasteiger partial charge in [-0.1, -0.05) is 31.9 Å². The molecule has 0 amide bonds. The molecule has 3 rings (SSSR count). The van der Waals surface area contributed by atoms with Crippen LogP contribution in [0.15, 0.2) is 13.9 Å². The van der Waals surface area contributed by atoms with E-state index in [-0.39, 0.29) is 59.5 Å². The number of alkyl halides is 2. The van der Waals surface area contributed by atoms with Crippen LogP contribution >= 0.6 is 31.9 Å². The summed E-state index contributed by atoms with van der Waals surface area (Å²) < 4.78 is 13.4. The fraction of sp³-hybridized carbons (Fsp3) is 0.250. The molecule has 14 heteroatoms. The molecule has 0 saturated carbocycles. The Balaban J connectivity index is 2.24. The Bertz CT molecular complexity index is 827. The first-order valence-electron chi connectivity index (χ1n) is 5.48. The van der Waals surface area contributed by atoms with E-state index in [4.69, 9.17) is 0 Å². The topological polar surface area (TPSA) is 159 Å². The highest BCUT2D eigenvalue weighted by Crippen LogP contribution is 2.29. The molecule has 0 atom stereocenters. The summed E-state index contributed by atoms with van der Waals surface area (Å²) >= 11 is 6.18. The Morgan fingerprint density at radius 2 is 1.18 bits per heavy atom.